The number of benzene rings is 2. The highest BCUT2D eigenvalue weighted by molar-refractivity contribution is 7.98. The smallest absolute Gasteiger partial charge is 0.270 e. The number of hydrogen-bond donors (Lipinski definition) is 0. The molecule has 0 aliphatic carbocycles. The van der Waals surface area contributed by atoms with Gasteiger partial charge in [-0.2, -0.15) is 0 Å². The summed E-state index contributed by atoms with van der Waals surface area (Å²) in [6.07, 6.45) is 3.52. The number of non-ortho nitro benzene ring substituents is 1. The Bertz CT molecular complexity index is 1160. The van der Waals surface area contributed by atoms with E-state index in [0.717, 1.165) is 48.3 Å². The average Bonchev–Trinajstić information content (AvgIpc) is 3.27. The maximum atomic E-state index is 11.4. The van der Waals surface area contributed by atoms with Crippen LogP contribution in [0, 0.1) is 17.0 Å². The maximum absolute atomic E-state index is 11.4. The molecule has 0 N–H and O–H groups in total. The molecule has 2 aliphatic rings. The van der Waals surface area contributed by atoms with Crippen LogP contribution in [0.2, 0.25) is 0 Å². The molecule has 2 aliphatic heterocycles. The number of anilines is 1. The van der Waals surface area contributed by atoms with Crippen LogP contribution in [-0.4, -0.2) is 39.6 Å². The van der Waals surface area contributed by atoms with E-state index in [1.165, 1.54) is 29.8 Å². The Morgan fingerprint density at radius 3 is 2.67 bits per heavy atom. The summed E-state index contributed by atoms with van der Waals surface area (Å²) in [5.41, 5.74) is 3.67. The van der Waals surface area contributed by atoms with Crippen molar-refractivity contribution in [2.75, 3.05) is 24.8 Å². The molecule has 172 valence electrons. The Hall–Kier alpha value is -3.11. The zero-order valence-corrected chi connectivity index (χ0v) is 19.2. The first kappa shape index (κ1) is 21.7. The van der Waals surface area contributed by atoms with Gasteiger partial charge in [-0.3, -0.25) is 14.7 Å². The fourth-order valence-corrected chi connectivity index (χ4v) is 5.12. The highest BCUT2D eigenvalue weighted by Crippen LogP contribution is 2.37. The minimum Gasteiger partial charge on any atom is -0.467 e. The van der Waals surface area contributed by atoms with Gasteiger partial charge in [0.2, 0.25) is 5.95 Å². The summed E-state index contributed by atoms with van der Waals surface area (Å²) in [6.45, 7) is 4.42. The highest BCUT2D eigenvalue weighted by Gasteiger charge is 2.24. The third kappa shape index (κ3) is 4.53. The number of nitro groups is 1. The zero-order chi connectivity index (χ0) is 22.8. The van der Waals surface area contributed by atoms with Crippen LogP contribution in [0.5, 0.6) is 5.75 Å². The SMILES string of the molecule is Cc1ccc(-n2c(SCc3cc([N+](=O)[O-])cc4c3OCOC4)nnc2N2CCCCC2)cc1. The molecular formula is C23H25N5O4S. The number of ether oxygens (including phenoxy) is 2. The lowest BCUT2D eigenvalue weighted by Gasteiger charge is -2.27. The lowest BCUT2D eigenvalue weighted by molar-refractivity contribution is -0.385. The van der Waals surface area contributed by atoms with Crippen molar-refractivity contribution in [3.05, 3.63) is 63.2 Å². The largest absolute Gasteiger partial charge is 0.467 e. The van der Waals surface area contributed by atoms with E-state index < -0.39 is 0 Å². The molecule has 2 aromatic carbocycles. The molecule has 3 aromatic rings. The number of piperidine rings is 1. The number of thioether (sulfide) groups is 1. The van der Waals surface area contributed by atoms with Crippen molar-refractivity contribution in [2.45, 2.75) is 43.7 Å². The summed E-state index contributed by atoms with van der Waals surface area (Å²) < 4.78 is 13.1. The van der Waals surface area contributed by atoms with Crippen LogP contribution in [0.3, 0.4) is 0 Å². The molecule has 0 spiro atoms. The van der Waals surface area contributed by atoms with Crippen molar-refractivity contribution in [1.29, 1.82) is 0 Å². The van der Waals surface area contributed by atoms with E-state index in [0.29, 0.717) is 23.7 Å². The van der Waals surface area contributed by atoms with Crippen LogP contribution >= 0.6 is 11.8 Å². The topological polar surface area (TPSA) is 95.5 Å². The Morgan fingerprint density at radius 2 is 1.91 bits per heavy atom. The molecule has 10 heteroatoms. The van der Waals surface area contributed by atoms with Crippen molar-refractivity contribution in [1.82, 2.24) is 14.8 Å². The number of rotatable bonds is 6. The van der Waals surface area contributed by atoms with Gasteiger partial charge >= 0.3 is 0 Å². The van der Waals surface area contributed by atoms with Crippen LogP contribution in [-0.2, 0) is 17.1 Å². The van der Waals surface area contributed by atoms with E-state index >= 15 is 0 Å². The monoisotopic (exact) mass is 467 g/mol. The second-order valence-electron chi connectivity index (χ2n) is 8.25. The van der Waals surface area contributed by atoms with Gasteiger partial charge in [0.15, 0.2) is 11.9 Å². The molecule has 1 saturated heterocycles. The predicted molar refractivity (Wildman–Crippen MR) is 125 cm³/mol. The van der Waals surface area contributed by atoms with E-state index in [4.69, 9.17) is 9.47 Å². The molecule has 33 heavy (non-hydrogen) atoms. The molecule has 0 bridgehead atoms. The van der Waals surface area contributed by atoms with Crippen LogP contribution < -0.4 is 9.64 Å². The first-order valence-electron chi connectivity index (χ1n) is 11.0. The van der Waals surface area contributed by atoms with Crippen LogP contribution in [0.25, 0.3) is 5.69 Å². The van der Waals surface area contributed by atoms with Gasteiger partial charge in [-0.1, -0.05) is 29.5 Å². The van der Waals surface area contributed by atoms with Crippen molar-refractivity contribution in [2.24, 2.45) is 0 Å². The molecule has 1 aromatic heterocycles. The van der Waals surface area contributed by atoms with E-state index in [-0.39, 0.29) is 17.4 Å². The standard InChI is InChI=1S/C23H25N5O4S/c1-16-5-7-19(8-6-16)27-22(26-9-3-2-4-10-26)24-25-23(27)33-14-18-12-20(28(29)30)11-17-13-31-15-32-21(17)18/h5-8,11-12H,2-4,9-10,13-15H2,1H3. The summed E-state index contributed by atoms with van der Waals surface area (Å²) >= 11 is 1.50. The quantitative estimate of drug-likeness (QED) is 0.294. The Labute approximate surface area is 195 Å². The third-order valence-corrected chi connectivity index (χ3v) is 6.86. The fourth-order valence-electron chi connectivity index (χ4n) is 4.21. The number of hydrogen-bond acceptors (Lipinski definition) is 8. The summed E-state index contributed by atoms with van der Waals surface area (Å²) in [4.78, 5) is 13.3. The first-order chi connectivity index (χ1) is 16.1. The van der Waals surface area contributed by atoms with Gasteiger partial charge in [0.1, 0.15) is 5.75 Å². The van der Waals surface area contributed by atoms with Crippen LogP contribution in [0.4, 0.5) is 11.6 Å². The molecule has 0 saturated carbocycles. The Morgan fingerprint density at radius 1 is 1.12 bits per heavy atom. The van der Waals surface area contributed by atoms with Crippen molar-refractivity contribution in [3.8, 4) is 11.4 Å². The molecule has 0 amide bonds. The summed E-state index contributed by atoms with van der Waals surface area (Å²) in [7, 11) is 0. The van der Waals surface area contributed by atoms with Gasteiger partial charge in [-0.05, 0) is 38.3 Å². The normalized spacial score (nSPS) is 15.7. The molecular weight excluding hydrogens is 442 g/mol. The third-order valence-electron chi connectivity index (χ3n) is 5.89. The van der Waals surface area contributed by atoms with E-state index in [2.05, 4.69) is 50.9 Å². The molecule has 0 atom stereocenters. The lowest BCUT2D eigenvalue weighted by atomic mass is 10.1. The first-order valence-corrected chi connectivity index (χ1v) is 12.0. The number of fused-ring (bicyclic) bond motifs is 1. The van der Waals surface area contributed by atoms with Crippen molar-refractivity contribution < 1.29 is 14.4 Å². The fraction of sp³-hybridized carbons (Fsp3) is 0.391. The van der Waals surface area contributed by atoms with E-state index in [1.807, 2.05) is 0 Å². The summed E-state index contributed by atoms with van der Waals surface area (Å²) in [5, 5.41) is 21.2. The molecule has 3 heterocycles. The number of nitro benzene ring substituents is 1. The molecule has 0 radical (unpaired) electrons. The summed E-state index contributed by atoms with van der Waals surface area (Å²) in [6, 6.07) is 11.4. The number of aromatic nitrogens is 3. The van der Waals surface area contributed by atoms with Gasteiger partial charge in [0, 0.05) is 42.1 Å². The minimum absolute atomic E-state index is 0.0347. The van der Waals surface area contributed by atoms with E-state index in [9.17, 15) is 10.1 Å². The van der Waals surface area contributed by atoms with Gasteiger partial charge in [-0.25, -0.2) is 0 Å². The van der Waals surface area contributed by atoms with Gasteiger partial charge in [0.25, 0.3) is 5.69 Å². The van der Waals surface area contributed by atoms with Crippen molar-refractivity contribution >= 4 is 23.4 Å². The van der Waals surface area contributed by atoms with Crippen molar-refractivity contribution in [3.63, 3.8) is 0 Å². The van der Waals surface area contributed by atoms with Gasteiger partial charge in [0.05, 0.1) is 17.2 Å². The van der Waals surface area contributed by atoms with Crippen LogP contribution in [0.15, 0.2) is 41.6 Å². The Kier molecular flexibility index (Phi) is 6.19. The highest BCUT2D eigenvalue weighted by atomic mass is 32.2. The molecule has 5 rings (SSSR count). The maximum Gasteiger partial charge on any atom is 0.270 e. The molecule has 1 fully saturated rings. The second kappa shape index (κ2) is 9.40. The number of nitrogens with zero attached hydrogens (tertiary/aromatic N) is 5. The predicted octanol–water partition coefficient (Wildman–Crippen LogP) is 4.63. The van der Waals surface area contributed by atoms with E-state index in [1.54, 1.807) is 6.07 Å². The van der Waals surface area contributed by atoms with Crippen LogP contribution in [0.1, 0.15) is 36.0 Å². The zero-order valence-electron chi connectivity index (χ0n) is 18.4. The average molecular weight is 468 g/mol. The van der Waals surface area contributed by atoms with Gasteiger partial charge in [-0.15, -0.1) is 10.2 Å². The molecule has 9 nitrogen and oxygen atoms in total. The lowest BCUT2D eigenvalue weighted by Crippen LogP contribution is -2.31. The number of aryl methyl sites for hydroxylation is 1. The Balaban J connectivity index is 1.49. The minimum atomic E-state index is -0.383. The van der Waals surface area contributed by atoms with Gasteiger partial charge < -0.3 is 14.4 Å². The molecule has 0 unspecified atom stereocenters. The second-order valence-corrected chi connectivity index (χ2v) is 9.19. The summed E-state index contributed by atoms with van der Waals surface area (Å²) in [5.74, 6) is 1.97.